The van der Waals surface area contributed by atoms with E-state index in [1.165, 1.54) is 18.6 Å². The smallest absolute Gasteiger partial charge is 0.207 e. The van der Waals surface area contributed by atoms with Gasteiger partial charge in [0.2, 0.25) is 5.69 Å². The zero-order chi connectivity index (χ0) is 24.3. The summed E-state index contributed by atoms with van der Waals surface area (Å²) in [5, 5.41) is 0. The minimum absolute atomic E-state index is 0.0381. The Morgan fingerprint density at radius 2 is 1.97 bits per heavy atom. The van der Waals surface area contributed by atoms with Gasteiger partial charge in [-0.2, -0.15) is 0 Å². The second-order valence-corrected chi connectivity index (χ2v) is 11.8. The van der Waals surface area contributed by atoms with Gasteiger partial charge in [-0.05, 0) is 50.3 Å². The van der Waals surface area contributed by atoms with Gasteiger partial charge < -0.3 is 5.73 Å². The number of hydrogen-bond donors (Lipinski definition) is 1. The lowest BCUT2D eigenvalue weighted by molar-refractivity contribution is 0.463. The monoisotopic (exact) mass is 478 g/mol. The molecule has 2 atom stereocenters. The zero-order valence-electron chi connectivity index (χ0n) is 18.8. The number of fused-ring (bicyclic) bond motifs is 1. The third kappa shape index (κ3) is 3.42. The summed E-state index contributed by atoms with van der Waals surface area (Å²) in [6.07, 6.45) is 4.77. The number of nitrogens with two attached hydrogens (primary N) is 1. The van der Waals surface area contributed by atoms with Crippen molar-refractivity contribution < 1.29 is 12.8 Å². The molecule has 3 heterocycles. The van der Waals surface area contributed by atoms with Crippen molar-refractivity contribution in [1.29, 1.82) is 0 Å². The summed E-state index contributed by atoms with van der Waals surface area (Å²) in [6.45, 7) is 10.4. The minimum atomic E-state index is -3.67. The van der Waals surface area contributed by atoms with Crippen LogP contribution < -0.4 is 5.73 Å². The SMILES string of the molecule is [C-]#[N+]c1cnc2c(Cc3ccc(F)c([C@]4(C)CS(=O)(=O)[C@@](C)(C5CC5)C(N)=N4)c3)ncnc2c1. The highest BCUT2D eigenvalue weighted by Crippen LogP contribution is 2.49. The van der Waals surface area contributed by atoms with Gasteiger partial charge in [-0.25, -0.2) is 27.6 Å². The number of pyridine rings is 1. The van der Waals surface area contributed by atoms with E-state index in [0.717, 1.165) is 18.4 Å². The average molecular weight is 479 g/mol. The fourth-order valence-electron chi connectivity index (χ4n) is 4.79. The maximum Gasteiger partial charge on any atom is 0.207 e. The van der Waals surface area contributed by atoms with Gasteiger partial charge in [-0.3, -0.25) is 9.98 Å². The molecule has 3 aromatic rings. The highest BCUT2D eigenvalue weighted by molar-refractivity contribution is 7.93. The van der Waals surface area contributed by atoms with Crippen molar-refractivity contribution in [3.05, 3.63) is 70.8 Å². The van der Waals surface area contributed by atoms with Crippen LogP contribution in [0.4, 0.5) is 10.1 Å². The van der Waals surface area contributed by atoms with Gasteiger partial charge in [0, 0.05) is 18.2 Å². The first-order valence-corrected chi connectivity index (χ1v) is 12.6. The van der Waals surface area contributed by atoms with Gasteiger partial charge in [0.1, 0.15) is 33.8 Å². The number of hydrogen-bond acceptors (Lipinski definition) is 7. The highest BCUT2D eigenvalue weighted by atomic mass is 32.2. The second-order valence-electron chi connectivity index (χ2n) is 9.40. The van der Waals surface area contributed by atoms with Crippen LogP contribution in [-0.2, 0) is 21.8 Å². The molecular weight excluding hydrogens is 455 g/mol. The molecule has 1 fully saturated rings. The Bertz CT molecular complexity index is 1510. The van der Waals surface area contributed by atoms with Crippen molar-refractivity contribution in [3.8, 4) is 0 Å². The van der Waals surface area contributed by atoms with E-state index in [-0.39, 0.29) is 23.1 Å². The molecule has 0 spiro atoms. The number of nitrogens with zero attached hydrogens (tertiary/aromatic N) is 5. The molecule has 2 aromatic heterocycles. The van der Waals surface area contributed by atoms with Gasteiger partial charge in [0.25, 0.3) is 0 Å². The van der Waals surface area contributed by atoms with Crippen molar-refractivity contribution in [2.45, 2.75) is 43.4 Å². The maximum absolute atomic E-state index is 15.0. The summed E-state index contributed by atoms with van der Waals surface area (Å²) in [4.78, 5) is 20.8. The normalized spacial score (nSPS) is 26.1. The van der Waals surface area contributed by atoms with E-state index in [4.69, 9.17) is 12.3 Å². The van der Waals surface area contributed by atoms with E-state index in [1.807, 2.05) is 0 Å². The number of rotatable bonds is 4. The molecule has 1 aliphatic carbocycles. The van der Waals surface area contributed by atoms with E-state index in [9.17, 15) is 8.42 Å². The molecule has 1 saturated carbocycles. The van der Waals surface area contributed by atoms with Crippen molar-refractivity contribution in [1.82, 2.24) is 15.0 Å². The lowest BCUT2D eigenvalue weighted by atomic mass is 9.90. The molecule has 8 nitrogen and oxygen atoms in total. The molecule has 174 valence electrons. The van der Waals surface area contributed by atoms with Crippen molar-refractivity contribution in [2.24, 2.45) is 16.6 Å². The lowest BCUT2D eigenvalue weighted by Gasteiger charge is -2.40. The van der Waals surface area contributed by atoms with Crippen LogP contribution in [0.2, 0.25) is 0 Å². The molecule has 10 heteroatoms. The van der Waals surface area contributed by atoms with Crippen LogP contribution in [0.15, 0.2) is 41.8 Å². The summed E-state index contributed by atoms with van der Waals surface area (Å²) in [5.41, 5.74) is 7.88. The van der Waals surface area contributed by atoms with Crippen LogP contribution in [0.5, 0.6) is 0 Å². The molecule has 0 amide bonds. The fraction of sp³-hybridized carbons (Fsp3) is 0.375. The number of aliphatic imine (C=N–C) groups is 1. The highest BCUT2D eigenvalue weighted by Gasteiger charge is 2.58. The van der Waals surface area contributed by atoms with Crippen LogP contribution in [0.3, 0.4) is 0 Å². The quantitative estimate of drug-likeness (QED) is 0.574. The van der Waals surface area contributed by atoms with E-state index in [1.54, 1.807) is 32.0 Å². The summed E-state index contributed by atoms with van der Waals surface area (Å²) in [7, 11) is -3.67. The second kappa shape index (κ2) is 7.53. The Morgan fingerprint density at radius 3 is 2.65 bits per heavy atom. The predicted octanol–water partition coefficient (Wildman–Crippen LogP) is 3.47. The summed E-state index contributed by atoms with van der Waals surface area (Å²) < 4.78 is 40.5. The predicted molar refractivity (Wildman–Crippen MR) is 127 cm³/mol. The van der Waals surface area contributed by atoms with Crippen molar-refractivity contribution in [2.75, 3.05) is 5.75 Å². The number of sulfone groups is 1. The molecular formula is C24H23FN6O2S. The van der Waals surface area contributed by atoms with Gasteiger partial charge in [-0.1, -0.05) is 12.1 Å². The Kier molecular flexibility index (Phi) is 4.95. The molecule has 2 N–H and O–H groups in total. The lowest BCUT2D eigenvalue weighted by Crippen LogP contribution is -2.58. The van der Waals surface area contributed by atoms with Crippen LogP contribution in [0, 0.1) is 18.3 Å². The van der Waals surface area contributed by atoms with E-state index in [2.05, 4.69) is 24.8 Å². The first kappa shape index (κ1) is 22.3. The molecule has 1 aliphatic heterocycles. The fourth-order valence-corrected chi connectivity index (χ4v) is 7.16. The minimum Gasteiger partial charge on any atom is -0.386 e. The standard InChI is InChI=1S/C24H23FN6O2S/c1-23(12-34(32,33)24(2,15-5-6-15)22(26)31-23)17-8-14(4-7-18(17)25)9-19-21-20(30-13-29-19)10-16(27-3)11-28-21/h4,7-8,10-11,13,15H,5-6,9,12H2,1-2H3,(H2,26,31)/t23-,24-/m0/s1. The Hall–Kier alpha value is -3.45. The van der Waals surface area contributed by atoms with Crippen molar-refractivity contribution in [3.63, 3.8) is 0 Å². The van der Waals surface area contributed by atoms with E-state index in [0.29, 0.717) is 28.8 Å². The molecule has 2 aliphatic rings. The van der Waals surface area contributed by atoms with Gasteiger partial charge in [-0.15, -0.1) is 0 Å². The first-order valence-electron chi connectivity index (χ1n) is 10.9. The van der Waals surface area contributed by atoms with Crippen LogP contribution in [0.1, 0.15) is 43.5 Å². The molecule has 0 bridgehead atoms. The van der Waals surface area contributed by atoms with Crippen molar-refractivity contribution >= 4 is 32.4 Å². The molecule has 0 unspecified atom stereocenters. The third-order valence-corrected chi connectivity index (χ3v) is 9.77. The van der Waals surface area contributed by atoms with Gasteiger partial charge >= 0.3 is 0 Å². The van der Waals surface area contributed by atoms with Gasteiger partial charge in [0.05, 0.1) is 23.5 Å². The molecule has 0 saturated heterocycles. The average Bonchev–Trinajstić information content (AvgIpc) is 3.64. The Balaban J connectivity index is 1.55. The first-order chi connectivity index (χ1) is 16.1. The molecule has 34 heavy (non-hydrogen) atoms. The Morgan fingerprint density at radius 1 is 1.21 bits per heavy atom. The number of halogens is 1. The third-order valence-electron chi connectivity index (χ3n) is 7.00. The molecule has 1 aromatic carbocycles. The summed E-state index contributed by atoms with van der Waals surface area (Å²) in [6, 6.07) is 6.21. The van der Waals surface area contributed by atoms with E-state index >= 15 is 4.39 Å². The number of amidine groups is 1. The Labute approximate surface area is 196 Å². The van der Waals surface area contributed by atoms with Crippen LogP contribution >= 0.6 is 0 Å². The number of benzene rings is 1. The largest absolute Gasteiger partial charge is 0.386 e. The zero-order valence-corrected chi connectivity index (χ0v) is 19.6. The van der Waals surface area contributed by atoms with Gasteiger partial charge in [0.15, 0.2) is 9.84 Å². The van der Waals surface area contributed by atoms with Crippen LogP contribution in [-0.4, -0.2) is 39.7 Å². The number of aromatic nitrogens is 3. The summed E-state index contributed by atoms with van der Waals surface area (Å²) in [5.74, 6) is -0.842. The molecule has 0 radical (unpaired) electrons. The summed E-state index contributed by atoms with van der Waals surface area (Å²) >= 11 is 0. The van der Waals surface area contributed by atoms with Crippen LogP contribution in [0.25, 0.3) is 15.9 Å². The van der Waals surface area contributed by atoms with E-state index < -0.39 is 25.9 Å². The molecule has 5 rings (SSSR count). The maximum atomic E-state index is 15.0. The topological polar surface area (TPSA) is 116 Å².